The van der Waals surface area contributed by atoms with Crippen LogP contribution in [0.25, 0.3) is 5.52 Å². The van der Waals surface area contributed by atoms with Crippen LogP contribution in [0.5, 0.6) is 11.5 Å². The number of phenolic OH excluding ortho intramolecular Hbond substituents is 1. The second-order valence-electron chi connectivity index (χ2n) is 23.3. The number of anilines is 1. The van der Waals surface area contributed by atoms with E-state index in [-0.39, 0.29) is 59.1 Å². The van der Waals surface area contributed by atoms with Crippen LogP contribution in [0, 0.1) is 37.4 Å². The van der Waals surface area contributed by atoms with E-state index in [0.717, 1.165) is 48.6 Å². The van der Waals surface area contributed by atoms with Crippen LogP contribution in [-0.2, 0) is 23.8 Å². The van der Waals surface area contributed by atoms with Crippen molar-refractivity contribution in [1.82, 2.24) is 19.5 Å². The summed E-state index contributed by atoms with van der Waals surface area (Å²) in [5, 5.41) is 47.0. The molecule has 3 aromatic rings. The van der Waals surface area contributed by atoms with Gasteiger partial charge in [-0.15, -0.1) is 0 Å². The predicted octanol–water partition coefficient (Wildman–Crippen LogP) is 3.90. The Balaban J connectivity index is 1.00. The molecular weight excluding hydrogens is 1080 g/mol. The number of hydrogen-bond acceptors (Lipinski definition) is 19. The fourth-order valence-corrected chi connectivity index (χ4v) is 12.6. The molecule has 446 valence electrons. The first kappa shape index (κ1) is 60.3. The lowest BCUT2D eigenvalue weighted by molar-refractivity contribution is -0.155. The van der Waals surface area contributed by atoms with E-state index >= 15 is 14.0 Å². The van der Waals surface area contributed by atoms with Crippen LogP contribution in [0.1, 0.15) is 131 Å². The minimum absolute atomic E-state index is 0.0253. The summed E-state index contributed by atoms with van der Waals surface area (Å²) < 4.78 is 40.8. The van der Waals surface area contributed by atoms with Gasteiger partial charge in [0.2, 0.25) is 11.6 Å². The molecule has 9 N–H and O–H groups in total. The van der Waals surface area contributed by atoms with E-state index in [1.165, 1.54) is 58.3 Å². The first-order valence-electron chi connectivity index (χ1n) is 28.1. The smallest absolute Gasteiger partial charge is 0.341 e. The number of allylic oxidation sites excluding steroid dienone is 4. The maximum Gasteiger partial charge on any atom is 0.341 e. The molecule has 2 aliphatic carbocycles. The van der Waals surface area contributed by atoms with Crippen molar-refractivity contribution >= 4 is 46.4 Å². The van der Waals surface area contributed by atoms with Crippen LogP contribution in [0.3, 0.4) is 0 Å². The van der Waals surface area contributed by atoms with Crippen molar-refractivity contribution in [2.45, 2.75) is 135 Å². The van der Waals surface area contributed by atoms with Crippen molar-refractivity contribution in [2.75, 3.05) is 51.8 Å². The van der Waals surface area contributed by atoms with Gasteiger partial charge in [-0.1, -0.05) is 32.1 Å². The van der Waals surface area contributed by atoms with Crippen molar-refractivity contribution in [2.24, 2.45) is 29.2 Å². The summed E-state index contributed by atoms with van der Waals surface area (Å²) >= 11 is 0. The van der Waals surface area contributed by atoms with E-state index in [2.05, 4.69) is 10.2 Å². The third kappa shape index (κ3) is 11.1. The van der Waals surface area contributed by atoms with Crippen LogP contribution in [0.15, 0.2) is 64.6 Å². The molecule has 5 aliphatic heterocycles. The number of aromatic hydroxyl groups is 1. The summed E-state index contributed by atoms with van der Waals surface area (Å²) in [7, 11) is 3.35. The number of nitrogens with two attached hydrogens (primary N) is 2. The van der Waals surface area contributed by atoms with Crippen LogP contribution < -0.4 is 32.0 Å². The third-order valence-corrected chi connectivity index (χ3v) is 17.6. The summed E-state index contributed by atoms with van der Waals surface area (Å²) in [6.45, 7) is 12.5. The number of ether oxygens (including phenoxy) is 4. The highest BCUT2D eigenvalue weighted by Crippen LogP contribution is 2.50. The molecule has 0 unspecified atom stereocenters. The summed E-state index contributed by atoms with van der Waals surface area (Å²) in [6, 6.07) is -1.31. The number of rotatable bonds is 9. The number of ketones is 3. The number of aliphatic hydroxyl groups is 2. The zero-order chi connectivity index (χ0) is 60.4. The number of carbonyl (C=O) groups is 6. The number of carbonyl (C=O) groups excluding carboxylic acids is 5. The minimum atomic E-state index is -2.19. The highest BCUT2D eigenvalue weighted by Gasteiger charge is 2.53. The van der Waals surface area contributed by atoms with Crippen LogP contribution >= 0.6 is 0 Å². The second-order valence-corrected chi connectivity index (χ2v) is 23.3. The van der Waals surface area contributed by atoms with E-state index in [0.29, 0.717) is 49.2 Å². The highest BCUT2D eigenvalue weighted by atomic mass is 19.1. The van der Waals surface area contributed by atoms with Gasteiger partial charge in [-0.05, 0) is 95.0 Å². The highest BCUT2D eigenvalue weighted by molar-refractivity contribution is 6.32. The summed E-state index contributed by atoms with van der Waals surface area (Å²) in [4.78, 5) is 103. The molecule has 83 heavy (non-hydrogen) atoms. The van der Waals surface area contributed by atoms with Gasteiger partial charge in [-0.3, -0.25) is 33.2 Å². The number of aromatic carboxylic acids is 1. The Hall–Kier alpha value is -7.28. The van der Waals surface area contributed by atoms with E-state index < -0.39 is 129 Å². The Morgan fingerprint density at radius 2 is 1.59 bits per heavy atom. The quantitative estimate of drug-likeness (QED) is 0.149. The number of esters is 1. The number of methoxy groups -OCH3 is 1. The molecule has 1 aromatic carbocycles. The van der Waals surface area contributed by atoms with Crippen molar-refractivity contribution in [3.05, 3.63) is 115 Å². The van der Waals surface area contributed by atoms with Crippen LogP contribution in [0.4, 0.5) is 10.1 Å². The number of carboxylic acids is 1. The molecule has 0 spiro atoms. The van der Waals surface area contributed by atoms with Gasteiger partial charge in [0, 0.05) is 82.7 Å². The van der Waals surface area contributed by atoms with Crippen LogP contribution in [0.2, 0.25) is 0 Å². The summed E-state index contributed by atoms with van der Waals surface area (Å²) in [5.41, 5.74) is 12.1. The van der Waals surface area contributed by atoms with Gasteiger partial charge in [-0.2, -0.15) is 0 Å². The molecule has 1 amide bonds. The maximum absolute atomic E-state index is 16.2. The van der Waals surface area contributed by atoms with E-state index in [4.69, 9.17) is 30.4 Å². The molecular formula is C60H74FN7O15. The number of pyridine rings is 2. The van der Waals surface area contributed by atoms with Gasteiger partial charge in [0.25, 0.3) is 17.2 Å². The summed E-state index contributed by atoms with van der Waals surface area (Å²) in [6.07, 6.45) is 6.17. The van der Waals surface area contributed by atoms with Crippen molar-refractivity contribution in [1.29, 1.82) is 0 Å². The molecule has 2 aromatic heterocycles. The monoisotopic (exact) mass is 1150 g/mol. The number of hydrogen-bond donors (Lipinski definition) is 7. The molecule has 10 atom stereocenters. The van der Waals surface area contributed by atoms with Gasteiger partial charge < -0.3 is 70.9 Å². The SMILES string of the molecule is CO[C@H]1/C=C/O[C@@]2(C)Oc3c(C)c(O)c4c(c3C2=O)C(=O)C(N2CCC(N(C)C[C@@H]3CCN(c5c(F)cn6c(=O)c(C(=O)O)cc(C7CC7)c6c5C)C3)CC2)=C(NC(=O)/C(C)=C\C=C\[C@H](C)[C@H](O)[C@@H](N)[C@@H](O)[C@@H](N)[C@H](OC(C)=O)[C@@H]1C)C4=O. The number of benzene rings is 1. The number of piperidine rings is 1. The third-order valence-electron chi connectivity index (χ3n) is 17.6. The number of nitrogens with zero attached hydrogens (tertiary/aromatic N) is 4. The fourth-order valence-electron chi connectivity index (χ4n) is 12.6. The molecule has 5 bridgehead atoms. The first-order chi connectivity index (χ1) is 39.2. The number of Topliss-reactive ketones (excluding diaryl/α,β-unsaturated/α-hetero) is 3. The number of phenols is 1. The fraction of sp³-hybridized carbons (Fsp3) is 0.517. The average Bonchev–Trinajstić information content (AvgIpc) is 2.31. The average molecular weight is 1150 g/mol. The van der Waals surface area contributed by atoms with E-state index in [1.807, 2.05) is 11.9 Å². The zero-order valence-corrected chi connectivity index (χ0v) is 48.1. The van der Waals surface area contributed by atoms with Gasteiger partial charge in [0.05, 0.1) is 70.7 Å². The number of aromatic nitrogens is 1. The van der Waals surface area contributed by atoms with Crippen molar-refractivity contribution in [3.8, 4) is 11.5 Å². The minimum Gasteiger partial charge on any atom is -0.507 e. The molecule has 23 heteroatoms. The van der Waals surface area contributed by atoms with Crippen molar-refractivity contribution in [3.63, 3.8) is 0 Å². The number of carboxylic acid groups (broad SMARTS) is 1. The van der Waals surface area contributed by atoms with Gasteiger partial charge in [0.1, 0.15) is 34.6 Å². The number of nitrogens with one attached hydrogen (secondary N) is 1. The Labute approximate surface area is 479 Å². The maximum atomic E-state index is 16.2. The molecule has 22 nitrogen and oxygen atoms in total. The Morgan fingerprint density at radius 3 is 2.23 bits per heavy atom. The number of halogens is 1. The largest absolute Gasteiger partial charge is 0.507 e. The number of fused-ring (bicyclic) bond motifs is 15. The zero-order valence-electron chi connectivity index (χ0n) is 48.1. The lowest BCUT2D eigenvalue weighted by atomic mass is 9.82. The number of aliphatic hydroxyl groups excluding tert-OH is 2. The Morgan fingerprint density at radius 1 is 0.916 bits per heavy atom. The van der Waals surface area contributed by atoms with Crippen molar-refractivity contribution < 1.29 is 72.5 Å². The van der Waals surface area contributed by atoms with Gasteiger partial charge in [0.15, 0.2) is 5.82 Å². The number of amides is 1. The summed E-state index contributed by atoms with van der Waals surface area (Å²) in [5.74, 6) is -10.6. The lowest BCUT2D eigenvalue weighted by Gasteiger charge is -2.40. The molecule has 0 radical (unpaired) electrons. The predicted molar refractivity (Wildman–Crippen MR) is 301 cm³/mol. The molecule has 3 fully saturated rings. The van der Waals surface area contributed by atoms with E-state index in [1.54, 1.807) is 25.7 Å². The molecule has 10 rings (SSSR count). The molecule has 1 saturated carbocycles. The van der Waals surface area contributed by atoms with Gasteiger partial charge in [-0.25, -0.2) is 9.18 Å². The van der Waals surface area contributed by atoms with E-state index in [9.17, 15) is 44.4 Å². The lowest BCUT2D eigenvalue weighted by Crippen LogP contribution is -2.60. The molecule has 7 aliphatic rings. The Kier molecular flexibility index (Phi) is 17.0. The Bertz CT molecular complexity index is 3380. The molecule has 7 heterocycles. The number of likely N-dealkylation sites (tertiary alicyclic amines) is 1. The standard InChI is InChI=1S/C60H74FN7O15/c1-27-11-10-12-28(2)57(76)64-45-48(66-20-16-35(17-21-66)65(8)24-33-15-19-67(25-33)47-30(4)46-36(34-13-14-34)23-37(59(78)79)58(77)68(46)26-38(47)61)52(73)40-41(51(45)72)50(71)31(5)54-42(40)56(75)60(7,83-54)81-22-18-39(80-9)29(3)55(82-32(6)69)44(63)53(74)43(62)49(27)70/h10-12,18,22-23,26-27,29,33-35,39,43-44,49,53,55,70-71,74H,13-17,19-21,24-25,62-63H2,1-9H3,(H,64,76)(H,78,79)/b11-10+,22-18+,28-12-/t27-,29+,33-,39-,43+,44+,49-,53+,55+,60-/m0/s1. The topological polar surface area (TPSA) is 316 Å². The first-order valence-corrected chi connectivity index (χ1v) is 28.1. The molecule has 2 saturated heterocycles. The van der Waals surface area contributed by atoms with Crippen LogP contribution in [-0.4, -0.2) is 165 Å². The second kappa shape index (κ2) is 23.4. The van der Waals surface area contributed by atoms with Gasteiger partial charge >= 0.3 is 17.7 Å². The number of aryl methyl sites for hydroxylation is 1. The normalized spacial score (nSPS) is 29.9.